The van der Waals surface area contributed by atoms with Gasteiger partial charge in [-0.2, -0.15) is 0 Å². The highest BCUT2D eigenvalue weighted by molar-refractivity contribution is 5.81. The molecule has 3 N–H and O–H groups in total. The van der Waals surface area contributed by atoms with E-state index in [0.29, 0.717) is 0 Å². The van der Waals surface area contributed by atoms with Crippen LogP contribution in [0.15, 0.2) is 18.2 Å². The molecule has 0 fully saturated rings. The van der Waals surface area contributed by atoms with Gasteiger partial charge in [0.2, 0.25) is 0 Å². The molecular formula is C17H28N2O2. The molecule has 0 saturated heterocycles. The summed E-state index contributed by atoms with van der Waals surface area (Å²) < 4.78 is 5.78. The molecule has 4 nitrogen and oxygen atoms in total. The zero-order valence-corrected chi connectivity index (χ0v) is 13.8. The maximum absolute atomic E-state index is 12.1. The van der Waals surface area contributed by atoms with Gasteiger partial charge in [-0.15, -0.1) is 0 Å². The zero-order chi connectivity index (χ0) is 16.0. The number of ether oxygens (including phenoxy) is 1. The number of carbonyl (C=O) groups is 1. The average molecular weight is 292 g/mol. The normalized spacial score (nSPS) is 13.9. The van der Waals surface area contributed by atoms with Crippen molar-refractivity contribution < 1.29 is 9.53 Å². The summed E-state index contributed by atoms with van der Waals surface area (Å²) >= 11 is 0. The third kappa shape index (κ3) is 5.05. The van der Waals surface area contributed by atoms with Crippen LogP contribution in [0.4, 0.5) is 0 Å². The fraction of sp³-hybridized carbons (Fsp3) is 0.588. The van der Waals surface area contributed by atoms with E-state index in [1.54, 1.807) is 6.92 Å². The summed E-state index contributed by atoms with van der Waals surface area (Å²) in [5, 5.41) is 3.00. The van der Waals surface area contributed by atoms with Crippen LogP contribution in [-0.4, -0.2) is 18.1 Å². The van der Waals surface area contributed by atoms with Gasteiger partial charge in [0.05, 0.1) is 0 Å². The molecule has 0 aliphatic carbocycles. The van der Waals surface area contributed by atoms with E-state index in [-0.39, 0.29) is 18.0 Å². The second-order valence-corrected chi connectivity index (χ2v) is 5.60. The molecular weight excluding hydrogens is 264 g/mol. The average Bonchev–Trinajstić information content (AvgIpc) is 2.46. The first kappa shape index (κ1) is 17.5. The van der Waals surface area contributed by atoms with E-state index in [1.807, 2.05) is 32.0 Å². The summed E-state index contributed by atoms with van der Waals surface area (Å²) in [6.07, 6.45) is 1.35. The smallest absolute Gasteiger partial charge is 0.260 e. The second kappa shape index (κ2) is 8.03. The number of hydrogen-bond acceptors (Lipinski definition) is 3. The Morgan fingerprint density at radius 1 is 1.29 bits per heavy atom. The Bertz CT molecular complexity index is 468. The monoisotopic (exact) mass is 292 g/mol. The van der Waals surface area contributed by atoms with E-state index in [2.05, 4.69) is 19.2 Å². The van der Waals surface area contributed by atoms with Gasteiger partial charge in [-0.1, -0.05) is 26.0 Å². The van der Waals surface area contributed by atoms with E-state index in [0.717, 1.165) is 29.7 Å². The van der Waals surface area contributed by atoms with E-state index >= 15 is 0 Å². The van der Waals surface area contributed by atoms with Gasteiger partial charge in [0.15, 0.2) is 6.10 Å². The topological polar surface area (TPSA) is 64.3 Å². The fourth-order valence-corrected chi connectivity index (χ4v) is 2.14. The van der Waals surface area contributed by atoms with E-state index < -0.39 is 6.10 Å². The maximum atomic E-state index is 12.1. The lowest BCUT2D eigenvalue weighted by Crippen LogP contribution is -2.42. The number of amides is 1. The van der Waals surface area contributed by atoms with Crippen molar-refractivity contribution in [1.29, 1.82) is 0 Å². The third-order valence-corrected chi connectivity index (χ3v) is 3.73. The molecule has 0 bridgehead atoms. The van der Waals surface area contributed by atoms with Crippen LogP contribution in [0.5, 0.6) is 5.75 Å². The lowest BCUT2D eigenvalue weighted by atomic mass is 10.1. The standard InChI is InChI=1S/C17H28N2O2/c1-6-15(7-2)19-17(20)13(5)21-16-9-8-14(12(4)18)10-11(16)3/h8-10,12-13,15H,6-7,18H2,1-5H3,(H,19,20)/t12-,13?/m0/s1. The van der Waals surface area contributed by atoms with Gasteiger partial charge in [0.1, 0.15) is 5.75 Å². The first-order valence-electron chi connectivity index (χ1n) is 7.72. The van der Waals surface area contributed by atoms with Crippen molar-refractivity contribution in [2.75, 3.05) is 0 Å². The Hall–Kier alpha value is -1.55. The first-order valence-corrected chi connectivity index (χ1v) is 7.72. The van der Waals surface area contributed by atoms with Crippen LogP contribution in [0.3, 0.4) is 0 Å². The summed E-state index contributed by atoms with van der Waals surface area (Å²) in [4.78, 5) is 12.1. The van der Waals surface area contributed by atoms with Gasteiger partial charge in [-0.3, -0.25) is 4.79 Å². The molecule has 0 heterocycles. The number of aryl methyl sites for hydroxylation is 1. The van der Waals surface area contributed by atoms with Crippen LogP contribution in [-0.2, 0) is 4.79 Å². The fourth-order valence-electron chi connectivity index (χ4n) is 2.14. The molecule has 0 radical (unpaired) electrons. The summed E-state index contributed by atoms with van der Waals surface area (Å²) in [6.45, 7) is 9.82. The van der Waals surface area contributed by atoms with Crippen LogP contribution >= 0.6 is 0 Å². The number of carbonyl (C=O) groups excluding carboxylic acids is 1. The van der Waals surface area contributed by atoms with Crippen molar-refractivity contribution in [3.05, 3.63) is 29.3 Å². The second-order valence-electron chi connectivity index (χ2n) is 5.60. The molecule has 0 aliphatic heterocycles. The van der Waals surface area contributed by atoms with Gasteiger partial charge in [0, 0.05) is 12.1 Å². The summed E-state index contributed by atoms with van der Waals surface area (Å²) in [5.74, 6) is 0.658. The Morgan fingerprint density at radius 2 is 1.90 bits per heavy atom. The minimum Gasteiger partial charge on any atom is -0.481 e. The van der Waals surface area contributed by atoms with Crippen molar-refractivity contribution in [2.24, 2.45) is 5.73 Å². The van der Waals surface area contributed by atoms with Crippen LogP contribution in [0.25, 0.3) is 0 Å². The van der Waals surface area contributed by atoms with E-state index in [1.165, 1.54) is 0 Å². The van der Waals surface area contributed by atoms with Gasteiger partial charge in [-0.05, 0) is 50.8 Å². The molecule has 0 aliphatic rings. The summed E-state index contributed by atoms with van der Waals surface area (Å²) in [5.41, 5.74) is 7.92. The number of nitrogens with two attached hydrogens (primary N) is 1. The van der Waals surface area contributed by atoms with Crippen LogP contribution in [0.2, 0.25) is 0 Å². The van der Waals surface area contributed by atoms with E-state index in [9.17, 15) is 4.79 Å². The summed E-state index contributed by atoms with van der Waals surface area (Å²) in [7, 11) is 0. The zero-order valence-electron chi connectivity index (χ0n) is 13.8. The van der Waals surface area contributed by atoms with Crippen LogP contribution in [0, 0.1) is 6.92 Å². The predicted octanol–water partition coefficient (Wildman–Crippen LogP) is 3.09. The molecule has 2 atom stereocenters. The van der Waals surface area contributed by atoms with Crippen LogP contribution < -0.4 is 15.8 Å². The lowest BCUT2D eigenvalue weighted by molar-refractivity contribution is -0.128. The minimum absolute atomic E-state index is 0.00617. The SMILES string of the molecule is CCC(CC)NC(=O)C(C)Oc1ccc([C@H](C)N)cc1C. The molecule has 0 spiro atoms. The number of rotatable bonds is 7. The highest BCUT2D eigenvalue weighted by atomic mass is 16.5. The Balaban J connectivity index is 2.70. The number of hydrogen-bond donors (Lipinski definition) is 2. The van der Waals surface area contributed by atoms with Crippen molar-refractivity contribution in [2.45, 2.75) is 65.6 Å². The van der Waals surface area contributed by atoms with Crippen molar-refractivity contribution in [3.8, 4) is 5.75 Å². The number of benzene rings is 1. The Labute approximate surface area is 128 Å². The van der Waals surface area contributed by atoms with Gasteiger partial charge in [-0.25, -0.2) is 0 Å². The molecule has 1 amide bonds. The van der Waals surface area contributed by atoms with E-state index in [4.69, 9.17) is 10.5 Å². The largest absolute Gasteiger partial charge is 0.481 e. The van der Waals surface area contributed by atoms with Crippen molar-refractivity contribution in [1.82, 2.24) is 5.32 Å². The molecule has 1 aromatic carbocycles. The van der Waals surface area contributed by atoms with Crippen molar-refractivity contribution in [3.63, 3.8) is 0 Å². The molecule has 1 unspecified atom stereocenters. The molecule has 118 valence electrons. The van der Waals surface area contributed by atoms with Crippen LogP contribution in [0.1, 0.15) is 57.7 Å². The molecule has 0 saturated carbocycles. The van der Waals surface area contributed by atoms with Gasteiger partial charge >= 0.3 is 0 Å². The van der Waals surface area contributed by atoms with Gasteiger partial charge in [0.25, 0.3) is 5.91 Å². The quantitative estimate of drug-likeness (QED) is 0.811. The Kier molecular flexibility index (Phi) is 6.69. The maximum Gasteiger partial charge on any atom is 0.260 e. The third-order valence-electron chi connectivity index (χ3n) is 3.73. The summed E-state index contributed by atoms with van der Waals surface area (Å²) in [6, 6.07) is 6.04. The highest BCUT2D eigenvalue weighted by Crippen LogP contribution is 2.23. The van der Waals surface area contributed by atoms with Gasteiger partial charge < -0.3 is 15.8 Å². The molecule has 4 heteroatoms. The van der Waals surface area contributed by atoms with Crippen molar-refractivity contribution >= 4 is 5.91 Å². The molecule has 1 aromatic rings. The first-order chi connectivity index (χ1) is 9.88. The minimum atomic E-state index is -0.509. The molecule has 0 aromatic heterocycles. The number of nitrogens with one attached hydrogen (secondary N) is 1. The Morgan fingerprint density at radius 3 is 2.38 bits per heavy atom. The molecule has 1 rings (SSSR count). The lowest BCUT2D eigenvalue weighted by Gasteiger charge is -2.20. The predicted molar refractivity (Wildman–Crippen MR) is 86.4 cm³/mol. The highest BCUT2D eigenvalue weighted by Gasteiger charge is 2.18. The molecule has 21 heavy (non-hydrogen) atoms.